The molecule has 1 amide bonds. The van der Waals surface area contributed by atoms with Gasteiger partial charge in [-0.05, 0) is 63.7 Å². The maximum atomic E-state index is 12.5. The highest BCUT2D eigenvalue weighted by molar-refractivity contribution is 7.22. The fraction of sp³-hybridized carbons (Fsp3) is 0.300. The third-order valence-corrected chi connectivity index (χ3v) is 5.15. The second-order valence-corrected chi connectivity index (χ2v) is 7.52. The van der Waals surface area contributed by atoms with Crippen LogP contribution in [-0.2, 0) is 0 Å². The lowest BCUT2D eigenvalue weighted by Crippen LogP contribution is -2.33. The second kappa shape index (κ2) is 9.26. The minimum Gasteiger partial charge on any atom is -0.350 e. The summed E-state index contributed by atoms with van der Waals surface area (Å²) in [6.07, 6.45) is 3.52. The van der Waals surface area contributed by atoms with Crippen LogP contribution in [0.1, 0.15) is 35.7 Å². The van der Waals surface area contributed by atoms with Gasteiger partial charge in [0, 0.05) is 17.8 Å². The number of benzene rings is 1. The van der Waals surface area contributed by atoms with Gasteiger partial charge in [0.2, 0.25) is 0 Å². The summed E-state index contributed by atoms with van der Waals surface area (Å²) >= 11 is 1.44. The SMILES string of the molecule is CNCCCC(C)NC(=O)c1ccnc(Nc2nc3ccc(C#N)cc3s2)c1. The molecule has 3 N–H and O–H groups in total. The molecule has 2 aromatic heterocycles. The summed E-state index contributed by atoms with van der Waals surface area (Å²) < 4.78 is 0.922. The Kier molecular flexibility index (Phi) is 6.53. The molecule has 0 saturated carbocycles. The molecule has 0 aliphatic carbocycles. The Morgan fingerprint density at radius 2 is 2.18 bits per heavy atom. The summed E-state index contributed by atoms with van der Waals surface area (Å²) in [5.41, 5.74) is 1.96. The van der Waals surface area contributed by atoms with Crippen molar-refractivity contribution in [2.45, 2.75) is 25.8 Å². The van der Waals surface area contributed by atoms with Crippen molar-refractivity contribution in [1.82, 2.24) is 20.6 Å². The van der Waals surface area contributed by atoms with E-state index < -0.39 is 0 Å². The minimum atomic E-state index is -0.120. The van der Waals surface area contributed by atoms with E-state index in [1.807, 2.05) is 26.1 Å². The number of nitriles is 1. The van der Waals surface area contributed by atoms with Crippen molar-refractivity contribution in [1.29, 1.82) is 5.26 Å². The Bertz CT molecular complexity index is 1010. The molecular formula is C20H22N6OS. The molecule has 0 radical (unpaired) electrons. The van der Waals surface area contributed by atoms with Crippen molar-refractivity contribution in [2.24, 2.45) is 0 Å². The van der Waals surface area contributed by atoms with Crippen LogP contribution in [-0.4, -0.2) is 35.5 Å². The van der Waals surface area contributed by atoms with E-state index in [9.17, 15) is 4.79 Å². The molecule has 28 heavy (non-hydrogen) atoms. The number of aromatic nitrogens is 2. The van der Waals surface area contributed by atoms with Crippen molar-refractivity contribution in [3.63, 3.8) is 0 Å². The normalized spacial score (nSPS) is 11.8. The molecule has 0 aliphatic heterocycles. The Morgan fingerprint density at radius 1 is 1.32 bits per heavy atom. The minimum absolute atomic E-state index is 0.101. The summed E-state index contributed by atoms with van der Waals surface area (Å²) in [5, 5.41) is 18.9. The van der Waals surface area contributed by atoms with Gasteiger partial charge in [0.05, 0.1) is 21.8 Å². The molecule has 0 spiro atoms. The van der Waals surface area contributed by atoms with Crippen LogP contribution in [0.15, 0.2) is 36.5 Å². The van der Waals surface area contributed by atoms with Crippen molar-refractivity contribution in [2.75, 3.05) is 18.9 Å². The quantitative estimate of drug-likeness (QED) is 0.506. The van der Waals surface area contributed by atoms with Gasteiger partial charge in [-0.15, -0.1) is 0 Å². The standard InChI is InChI=1S/C20H22N6OS/c1-13(4-3-8-22-2)24-19(27)15-7-9-23-18(11-15)26-20-25-16-6-5-14(12-21)10-17(16)28-20/h5-7,9-11,13,22H,3-4,8H2,1-2H3,(H,24,27)(H,23,25,26). The van der Waals surface area contributed by atoms with E-state index in [0.29, 0.717) is 22.1 Å². The van der Waals surface area contributed by atoms with E-state index >= 15 is 0 Å². The van der Waals surface area contributed by atoms with Crippen LogP contribution in [0.5, 0.6) is 0 Å². The lowest BCUT2D eigenvalue weighted by molar-refractivity contribution is 0.0938. The van der Waals surface area contributed by atoms with Crippen LogP contribution >= 0.6 is 11.3 Å². The van der Waals surface area contributed by atoms with Crippen molar-refractivity contribution in [3.8, 4) is 6.07 Å². The van der Waals surface area contributed by atoms with Gasteiger partial charge in [0.15, 0.2) is 5.13 Å². The van der Waals surface area contributed by atoms with E-state index in [2.05, 4.69) is 32.0 Å². The third-order valence-electron chi connectivity index (χ3n) is 4.22. The predicted octanol–water partition coefficient (Wildman–Crippen LogP) is 3.42. The Hall–Kier alpha value is -3.02. The average Bonchev–Trinajstić information content (AvgIpc) is 3.09. The first kappa shape index (κ1) is 19.7. The summed E-state index contributed by atoms with van der Waals surface area (Å²) in [6.45, 7) is 2.94. The van der Waals surface area contributed by atoms with Crippen LogP contribution in [0.3, 0.4) is 0 Å². The number of fused-ring (bicyclic) bond motifs is 1. The van der Waals surface area contributed by atoms with Gasteiger partial charge < -0.3 is 16.0 Å². The lowest BCUT2D eigenvalue weighted by Gasteiger charge is -2.14. The number of anilines is 2. The number of rotatable bonds is 8. The first-order valence-electron chi connectivity index (χ1n) is 9.08. The zero-order chi connectivity index (χ0) is 19.9. The van der Waals surface area contributed by atoms with Gasteiger partial charge in [0.25, 0.3) is 5.91 Å². The molecule has 144 valence electrons. The number of amides is 1. The van der Waals surface area contributed by atoms with E-state index in [-0.39, 0.29) is 11.9 Å². The van der Waals surface area contributed by atoms with Crippen molar-refractivity contribution >= 4 is 38.4 Å². The van der Waals surface area contributed by atoms with E-state index in [1.54, 1.807) is 24.4 Å². The molecule has 0 saturated heterocycles. The van der Waals surface area contributed by atoms with Gasteiger partial charge in [-0.2, -0.15) is 5.26 Å². The van der Waals surface area contributed by atoms with Crippen LogP contribution in [0.4, 0.5) is 10.9 Å². The highest BCUT2D eigenvalue weighted by atomic mass is 32.1. The Morgan fingerprint density at radius 3 is 2.96 bits per heavy atom. The number of thiazole rings is 1. The summed E-state index contributed by atoms with van der Waals surface area (Å²) in [4.78, 5) is 21.3. The zero-order valence-corrected chi connectivity index (χ0v) is 16.6. The molecule has 2 heterocycles. The molecule has 7 nitrogen and oxygen atoms in total. The summed E-state index contributed by atoms with van der Waals surface area (Å²) in [7, 11) is 1.92. The van der Waals surface area contributed by atoms with Gasteiger partial charge in [-0.1, -0.05) is 11.3 Å². The molecule has 3 aromatic rings. The number of nitrogens with one attached hydrogen (secondary N) is 3. The van der Waals surface area contributed by atoms with Gasteiger partial charge in [0.1, 0.15) is 5.82 Å². The number of hydrogen-bond donors (Lipinski definition) is 3. The Balaban J connectivity index is 1.67. The van der Waals surface area contributed by atoms with Crippen LogP contribution in [0, 0.1) is 11.3 Å². The molecule has 3 rings (SSSR count). The van der Waals surface area contributed by atoms with Crippen LogP contribution in [0.2, 0.25) is 0 Å². The molecule has 0 fully saturated rings. The van der Waals surface area contributed by atoms with Crippen LogP contribution in [0.25, 0.3) is 10.2 Å². The maximum absolute atomic E-state index is 12.5. The Labute approximate surface area is 167 Å². The van der Waals surface area contributed by atoms with Crippen LogP contribution < -0.4 is 16.0 Å². The van der Waals surface area contributed by atoms with E-state index in [4.69, 9.17) is 5.26 Å². The first-order chi connectivity index (χ1) is 13.6. The summed E-state index contributed by atoms with van der Waals surface area (Å²) in [6, 6.07) is 11.0. The number of nitrogens with zero attached hydrogens (tertiary/aromatic N) is 3. The largest absolute Gasteiger partial charge is 0.350 e. The lowest BCUT2D eigenvalue weighted by atomic mass is 10.1. The highest BCUT2D eigenvalue weighted by Gasteiger charge is 2.12. The zero-order valence-electron chi connectivity index (χ0n) is 15.8. The number of pyridine rings is 1. The number of hydrogen-bond acceptors (Lipinski definition) is 7. The van der Waals surface area contributed by atoms with Crippen molar-refractivity contribution < 1.29 is 4.79 Å². The predicted molar refractivity (Wildman–Crippen MR) is 112 cm³/mol. The maximum Gasteiger partial charge on any atom is 0.251 e. The molecule has 0 aliphatic rings. The average molecular weight is 395 g/mol. The number of carbonyl (C=O) groups excluding carboxylic acids is 1. The number of carbonyl (C=O) groups is 1. The third kappa shape index (κ3) is 5.03. The monoisotopic (exact) mass is 394 g/mol. The molecule has 0 bridgehead atoms. The molecule has 1 aromatic carbocycles. The summed E-state index contributed by atoms with van der Waals surface area (Å²) in [5.74, 6) is 0.431. The van der Waals surface area contributed by atoms with Gasteiger partial charge >= 0.3 is 0 Å². The van der Waals surface area contributed by atoms with Crippen molar-refractivity contribution in [3.05, 3.63) is 47.7 Å². The second-order valence-electron chi connectivity index (χ2n) is 6.49. The fourth-order valence-electron chi connectivity index (χ4n) is 2.76. The molecule has 1 unspecified atom stereocenters. The molecule has 1 atom stereocenters. The van der Waals surface area contributed by atoms with Gasteiger partial charge in [-0.25, -0.2) is 9.97 Å². The molecule has 8 heteroatoms. The smallest absolute Gasteiger partial charge is 0.251 e. The van der Waals surface area contributed by atoms with Gasteiger partial charge in [-0.3, -0.25) is 4.79 Å². The highest BCUT2D eigenvalue weighted by Crippen LogP contribution is 2.28. The van der Waals surface area contributed by atoms with E-state index in [1.165, 1.54) is 11.3 Å². The topological polar surface area (TPSA) is 103 Å². The fourth-order valence-corrected chi connectivity index (χ4v) is 3.67. The molecular weight excluding hydrogens is 372 g/mol. The van der Waals surface area contributed by atoms with E-state index in [0.717, 1.165) is 29.6 Å². The first-order valence-corrected chi connectivity index (χ1v) is 9.90.